The van der Waals surface area contributed by atoms with Crippen molar-refractivity contribution in [3.63, 3.8) is 0 Å². The van der Waals surface area contributed by atoms with E-state index in [1.165, 1.54) is 38.5 Å². The van der Waals surface area contributed by atoms with Gasteiger partial charge in [0.2, 0.25) is 5.91 Å². The molecular formula is C17H26N2OS2. The molecule has 1 heterocycles. The SMILES string of the molecule is O=C(CCSSc1ccccn1)NCCCCC1CCCC1. The van der Waals surface area contributed by atoms with Gasteiger partial charge in [0.1, 0.15) is 5.03 Å². The Morgan fingerprint density at radius 1 is 1.27 bits per heavy atom. The fourth-order valence-electron chi connectivity index (χ4n) is 2.81. The highest BCUT2D eigenvalue weighted by molar-refractivity contribution is 8.76. The van der Waals surface area contributed by atoms with Crippen molar-refractivity contribution < 1.29 is 4.79 Å². The van der Waals surface area contributed by atoms with E-state index >= 15 is 0 Å². The minimum atomic E-state index is 0.176. The van der Waals surface area contributed by atoms with E-state index in [4.69, 9.17) is 0 Å². The second-order valence-electron chi connectivity index (χ2n) is 5.82. The van der Waals surface area contributed by atoms with Crippen LogP contribution in [0, 0.1) is 5.92 Å². The molecule has 1 amide bonds. The molecule has 0 atom stereocenters. The lowest BCUT2D eigenvalue weighted by atomic mass is 10.0. The largest absolute Gasteiger partial charge is 0.356 e. The zero-order chi connectivity index (χ0) is 15.5. The van der Waals surface area contributed by atoms with Gasteiger partial charge in [0.15, 0.2) is 0 Å². The summed E-state index contributed by atoms with van der Waals surface area (Å²) >= 11 is 0. The molecule has 122 valence electrons. The second kappa shape index (κ2) is 10.9. The zero-order valence-electron chi connectivity index (χ0n) is 13.1. The number of pyridine rings is 1. The number of aromatic nitrogens is 1. The quantitative estimate of drug-likeness (QED) is 0.496. The van der Waals surface area contributed by atoms with E-state index in [2.05, 4.69) is 10.3 Å². The van der Waals surface area contributed by atoms with Crippen LogP contribution in [0.25, 0.3) is 0 Å². The van der Waals surface area contributed by atoms with E-state index in [1.54, 1.807) is 27.8 Å². The highest BCUT2D eigenvalue weighted by Crippen LogP contribution is 2.29. The molecule has 1 aromatic rings. The highest BCUT2D eigenvalue weighted by Gasteiger charge is 2.13. The van der Waals surface area contributed by atoms with Crippen LogP contribution < -0.4 is 5.32 Å². The zero-order valence-corrected chi connectivity index (χ0v) is 14.8. The summed E-state index contributed by atoms with van der Waals surface area (Å²) in [5.74, 6) is 1.97. The van der Waals surface area contributed by atoms with Gasteiger partial charge >= 0.3 is 0 Å². The van der Waals surface area contributed by atoms with Crippen LogP contribution in [0.4, 0.5) is 0 Å². The van der Waals surface area contributed by atoms with Gasteiger partial charge in [-0.15, -0.1) is 0 Å². The topological polar surface area (TPSA) is 42.0 Å². The third-order valence-corrected chi connectivity index (χ3v) is 6.30. The van der Waals surface area contributed by atoms with Crippen LogP contribution in [0.15, 0.2) is 29.4 Å². The van der Waals surface area contributed by atoms with Crippen LogP contribution in [-0.2, 0) is 4.79 Å². The lowest BCUT2D eigenvalue weighted by Crippen LogP contribution is -2.24. The summed E-state index contributed by atoms with van der Waals surface area (Å²) in [7, 11) is 3.32. The van der Waals surface area contributed by atoms with Gasteiger partial charge in [0, 0.05) is 24.9 Å². The number of nitrogens with zero attached hydrogens (tertiary/aromatic N) is 1. The number of hydrogen-bond acceptors (Lipinski definition) is 4. The van der Waals surface area contributed by atoms with Crippen molar-refractivity contribution in [3.05, 3.63) is 24.4 Å². The Hall–Kier alpha value is -0.680. The Morgan fingerprint density at radius 2 is 2.14 bits per heavy atom. The summed E-state index contributed by atoms with van der Waals surface area (Å²) in [6.45, 7) is 0.837. The second-order valence-corrected chi connectivity index (χ2v) is 8.26. The molecule has 0 aromatic carbocycles. The number of rotatable bonds is 10. The van der Waals surface area contributed by atoms with Crippen LogP contribution in [0.2, 0.25) is 0 Å². The number of unbranched alkanes of at least 4 members (excludes halogenated alkanes) is 1. The Kier molecular flexibility index (Phi) is 8.79. The van der Waals surface area contributed by atoms with Gasteiger partial charge in [-0.1, -0.05) is 55.4 Å². The third kappa shape index (κ3) is 7.54. The van der Waals surface area contributed by atoms with Crippen molar-refractivity contribution in [1.82, 2.24) is 10.3 Å². The molecule has 0 aliphatic heterocycles. The van der Waals surface area contributed by atoms with Crippen molar-refractivity contribution >= 4 is 27.5 Å². The molecule has 0 saturated heterocycles. The monoisotopic (exact) mass is 338 g/mol. The molecule has 0 bridgehead atoms. The molecule has 1 saturated carbocycles. The van der Waals surface area contributed by atoms with Crippen molar-refractivity contribution in [2.45, 2.75) is 56.4 Å². The summed E-state index contributed by atoms with van der Waals surface area (Å²) < 4.78 is 0. The van der Waals surface area contributed by atoms with E-state index in [-0.39, 0.29) is 5.91 Å². The molecule has 3 nitrogen and oxygen atoms in total. The number of carbonyl (C=O) groups excluding carboxylic acids is 1. The van der Waals surface area contributed by atoms with Crippen LogP contribution in [0.3, 0.4) is 0 Å². The molecule has 0 spiro atoms. The van der Waals surface area contributed by atoms with E-state index < -0.39 is 0 Å². The molecule has 22 heavy (non-hydrogen) atoms. The Labute approximate surface area is 141 Å². The molecule has 1 N–H and O–H groups in total. The Balaban J connectivity index is 1.41. The van der Waals surface area contributed by atoms with Gasteiger partial charge < -0.3 is 5.32 Å². The molecular weight excluding hydrogens is 312 g/mol. The Morgan fingerprint density at radius 3 is 2.91 bits per heavy atom. The average molecular weight is 339 g/mol. The molecule has 2 rings (SSSR count). The van der Waals surface area contributed by atoms with E-state index in [1.807, 2.05) is 18.2 Å². The maximum absolute atomic E-state index is 11.7. The number of hydrogen-bond donors (Lipinski definition) is 1. The number of carbonyl (C=O) groups is 1. The third-order valence-electron chi connectivity index (χ3n) is 4.03. The summed E-state index contributed by atoms with van der Waals surface area (Å²) in [5, 5.41) is 4.03. The van der Waals surface area contributed by atoms with Crippen LogP contribution in [-0.4, -0.2) is 23.2 Å². The summed E-state index contributed by atoms with van der Waals surface area (Å²) in [4.78, 5) is 16.0. The van der Waals surface area contributed by atoms with Gasteiger partial charge in [-0.3, -0.25) is 4.79 Å². The van der Waals surface area contributed by atoms with Crippen LogP contribution in [0.1, 0.15) is 51.4 Å². The molecule has 1 fully saturated rings. The predicted molar refractivity (Wildman–Crippen MR) is 96.0 cm³/mol. The van der Waals surface area contributed by atoms with Crippen LogP contribution in [0.5, 0.6) is 0 Å². The first kappa shape index (κ1) is 17.7. The van der Waals surface area contributed by atoms with Crippen molar-refractivity contribution in [1.29, 1.82) is 0 Å². The van der Waals surface area contributed by atoms with Crippen LogP contribution >= 0.6 is 21.6 Å². The summed E-state index contributed by atoms with van der Waals surface area (Å²) in [6, 6.07) is 5.88. The van der Waals surface area contributed by atoms with Crippen molar-refractivity contribution in [2.24, 2.45) is 5.92 Å². The molecule has 0 unspecified atom stereocenters. The van der Waals surface area contributed by atoms with Crippen molar-refractivity contribution in [3.8, 4) is 0 Å². The van der Waals surface area contributed by atoms with E-state index in [0.717, 1.165) is 29.7 Å². The van der Waals surface area contributed by atoms with Gasteiger partial charge in [-0.25, -0.2) is 4.98 Å². The molecule has 1 aliphatic carbocycles. The van der Waals surface area contributed by atoms with Gasteiger partial charge in [0.25, 0.3) is 0 Å². The molecule has 1 aromatic heterocycles. The first-order valence-corrected chi connectivity index (χ1v) is 10.6. The minimum absolute atomic E-state index is 0.176. The molecule has 0 radical (unpaired) electrons. The molecule has 1 aliphatic rings. The fraction of sp³-hybridized carbons (Fsp3) is 0.647. The van der Waals surface area contributed by atoms with E-state index in [9.17, 15) is 4.79 Å². The lowest BCUT2D eigenvalue weighted by molar-refractivity contribution is -0.120. The minimum Gasteiger partial charge on any atom is -0.356 e. The maximum atomic E-state index is 11.7. The van der Waals surface area contributed by atoms with Gasteiger partial charge in [0.05, 0.1) is 0 Å². The number of nitrogens with one attached hydrogen (secondary N) is 1. The highest BCUT2D eigenvalue weighted by atomic mass is 33.1. The molecule has 5 heteroatoms. The maximum Gasteiger partial charge on any atom is 0.220 e. The van der Waals surface area contributed by atoms with Gasteiger partial charge in [-0.05, 0) is 35.3 Å². The number of amides is 1. The first-order valence-electron chi connectivity index (χ1n) is 8.32. The Bertz CT molecular complexity index is 422. The predicted octanol–water partition coefficient (Wildman–Crippen LogP) is 4.69. The normalized spacial score (nSPS) is 15.1. The smallest absolute Gasteiger partial charge is 0.220 e. The lowest BCUT2D eigenvalue weighted by Gasteiger charge is -2.08. The average Bonchev–Trinajstić information content (AvgIpc) is 3.06. The fourth-order valence-corrected chi connectivity index (χ4v) is 4.67. The summed E-state index contributed by atoms with van der Waals surface area (Å²) in [6.07, 6.45) is 11.8. The summed E-state index contributed by atoms with van der Waals surface area (Å²) in [5.41, 5.74) is 0. The first-order chi connectivity index (χ1) is 10.8. The van der Waals surface area contributed by atoms with Crippen molar-refractivity contribution in [2.75, 3.05) is 12.3 Å². The van der Waals surface area contributed by atoms with E-state index in [0.29, 0.717) is 6.42 Å². The van der Waals surface area contributed by atoms with Gasteiger partial charge in [-0.2, -0.15) is 0 Å². The standard InChI is InChI=1S/C17H26N2OS2/c20-16(11-14-21-22-17-10-4-6-13-19-17)18-12-5-3-9-15-7-1-2-8-15/h4,6,10,13,15H,1-3,5,7-9,11-12,14H2,(H,18,20).